The molecule has 1 amide bonds. The molecule has 1 fully saturated rings. The van der Waals surface area contributed by atoms with Gasteiger partial charge in [0.05, 0.1) is 34.9 Å². The van der Waals surface area contributed by atoms with Crippen LogP contribution in [0.1, 0.15) is 17.3 Å². The van der Waals surface area contributed by atoms with E-state index in [1.807, 2.05) is 19.1 Å². The molecule has 2 aromatic rings. The van der Waals surface area contributed by atoms with Gasteiger partial charge in [0.25, 0.3) is 5.69 Å². The normalized spacial score (nSPS) is 16.6. The van der Waals surface area contributed by atoms with Crippen molar-refractivity contribution >= 4 is 40.5 Å². The Labute approximate surface area is 184 Å². The highest BCUT2D eigenvalue weighted by Gasteiger charge is 2.26. The van der Waals surface area contributed by atoms with Crippen molar-refractivity contribution in [3.8, 4) is 0 Å². The Morgan fingerprint density at radius 2 is 1.94 bits per heavy atom. The van der Waals surface area contributed by atoms with Crippen molar-refractivity contribution < 1.29 is 19.2 Å². The zero-order valence-corrected chi connectivity index (χ0v) is 18.0. The highest BCUT2D eigenvalue weighted by Crippen LogP contribution is 2.27. The first-order chi connectivity index (χ1) is 14.8. The average molecular weight is 447 g/mol. The van der Waals surface area contributed by atoms with E-state index >= 15 is 0 Å². The summed E-state index contributed by atoms with van der Waals surface area (Å²) in [5.41, 5.74) is 1.71. The fourth-order valence-corrected chi connectivity index (χ4v) is 3.71. The second kappa shape index (κ2) is 9.76. The number of ether oxygens (including phenoxy) is 1. The third-order valence-corrected chi connectivity index (χ3v) is 5.52. The van der Waals surface area contributed by atoms with Gasteiger partial charge < -0.3 is 15.0 Å². The molecule has 164 valence electrons. The number of esters is 1. The lowest BCUT2D eigenvalue weighted by atomic mass is 10.1. The molecule has 1 saturated heterocycles. The Morgan fingerprint density at radius 1 is 1.23 bits per heavy atom. The third-order valence-electron chi connectivity index (χ3n) is 5.20. The van der Waals surface area contributed by atoms with E-state index in [1.165, 1.54) is 25.3 Å². The summed E-state index contributed by atoms with van der Waals surface area (Å²) in [7, 11) is 1.35. The van der Waals surface area contributed by atoms with Gasteiger partial charge in [0.2, 0.25) is 5.91 Å². The van der Waals surface area contributed by atoms with Gasteiger partial charge in [-0.2, -0.15) is 0 Å². The molecule has 31 heavy (non-hydrogen) atoms. The standard InChI is InChI=1S/C21H23ClN4O5/c1-14-12-25(16-5-3-15(4-6-16)21(28)31-2)10-9-24(14)13-20(27)23-19-8-7-17(26(29)30)11-18(19)22/h3-8,11,14H,9-10,12-13H2,1-2H3,(H,23,27). The zero-order chi connectivity index (χ0) is 22.5. The number of rotatable bonds is 6. The number of nitrogens with one attached hydrogen (secondary N) is 1. The van der Waals surface area contributed by atoms with Crippen molar-refractivity contribution in [2.45, 2.75) is 13.0 Å². The summed E-state index contributed by atoms with van der Waals surface area (Å²) in [6, 6.07) is 11.3. The minimum absolute atomic E-state index is 0.118. The van der Waals surface area contributed by atoms with Gasteiger partial charge >= 0.3 is 5.97 Å². The van der Waals surface area contributed by atoms with Gasteiger partial charge in [-0.05, 0) is 37.3 Å². The number of methoxy groups -OCH3 is 1. The van der Waals surface area contributed by atoms with Gasteiger partial charge in [-0.15, -0.1) is 0 Å². The number of halogens is 1. The molecule has 1 unspecified atom stereocenters. The smallest absolute Gasteiger partial charge is 0.337 e. The minimum Gasteiger partial charge on any atom is -0.465 e. The molecule has 0 radical (unpaired) electrons. The van der Waals surface area contributed by atoms with E-state index in [9.17, 15) is 19.7 Å². The average Bonchev–Trinajstić information content (AvgIpc) is 2.76. The van der Waals surface area contributed by atoms with Crippen LogP contribution in [-0.2, 0) is 9.53 Å². The molecule has 0 saturated carbocycles. The summed E-state index contributed by atoms with van der Waals surface area (Å²) >= 11 is 6.05. The number of hydrogen-bond donors (Lipinski definition) is 1. The Morgan fingerprint density at radius 3 is 2.52 bits per heavy atom. The summed E-state index contributed by atoms with van der Waals surface area (Å²) in [6.07, 6.45) is 0. The van der Waals surface area contributed by atoms with Gasteiger partial charge in [-0.25, -0.2) is 4.79 Å². The van der Waals surface area contributed by atoms with E-state index in [1.54, 1.807) is 12.1 Å². The van der Waals surface area contributed by atoms with Crippen molar-refractivity contribution in [2.75, 3.05) is 43.5 Å². The topological polar surface area (TPSA) is 105 Å². The fraction of sp³-hybridized carbons (Fsp3) is 0.333. The molecule has 0 spiro atoms. The highest BCUT2D eigenvalue weighted by molar-refractivity contribution is 6.34. The Kier molecular flexibility index (Phi) is 7.09. The molecule has 1 N–H and O–H groups in total. The zero-order valence-electron chi connectivity index (χ0n) is 17.2. The summed E-state index contributed by atoms with van der Waals surface area (Å²) in [5, 5.41) is 13.6. The number of amides is 1. The number of nitro benzene ring substituents is 1. The van der Waals surface area contributed by atoms with Gasteiger partial charge in [0.15, 0.2) is 0 Å². The molecule has 9 nitrogen and oxygen atoms in total. The lowest BCUT2D eigenvalue weighted by molar-refractivity contribution is -0.384. The number of carbonyl (C=O) groups excluding carboxylic acids is 2. The molecule has 10 heteroatoms. The van der Waals surface area contributed by atoms with E-state index in [0.29, 0.717) is 17.8 Å². The first-order valence-corrected chi connectivity index (χ1v) is 10.1. The van der Waals surface area contributed by atoms with E-state index in [-0.39, 0.29) is 35.2 Å². The third kappa shape index (κ3) is 5.50. The molecule has 1 aliphatic heterocycles. The number of hydrogen-bond acceptors (Lipinski definition) is 7. The van der Waals surface area contributed by atoms with Crippen molar-refractivity contribution in [1.82, 2.24) is 4.90 Å². The van der Waals surface area contributed by atoms with E-state index < -0.39 is 4.92 Å². The molecular formula is C21H23ClN4O5. The molecule has 3 rings (SSSR count). The quantitative estimate of drug-likeness (QED) is 0.412. The van der Waals surface area contributed by atoms with Crippen LogP contribution in [0.5, 0.6) is 0 Å². The van der Waals surface area contributed by atoms with Gasteiger partial charge in [-0.1, -0.05) is 11.6 Å². The molecular weight excluding hydrogens is 424 g/mol. The summed E-state index contributed by atoms with van der Waals surface area (Å²) in [5.74, 6) is -0.609. The second-order valence-corrected chi connectivity index (χ2v) is 7.68. The monoisotopic (exact) mass is 446 g/mol. The van der Waals surface area contributed by atoms with Crippen LogP contribution in [0.2, 0.25) is 5.02 Å². The largest absolute Gasteiger partial charge is 0.465 e. The van der Waals surface area contributed by atoms with Crippen molar-refractivity contribution in [1.29, 1.82) is 0 Å². The van der Waals surface area contributed by atoms with Gasteiger partial charge in [0.1, 0.15) is 0 Å². The predicted octanol–water partition coefficient (Wildman–Crippen LogP) is 3.18. The first-order valence-electron chi connectivity index (χ1n) is 9.69. The highest BCUT2D eigenvalue weighted by atomic mass is 35.5. The number of piperazine rings is 1. The number of carbonyl (C=O) groups is 2. The molecule has 0 aromatic heterocycles. The number of anilines is 2. The summed E-state index contributed by atoms with van der Waals surface area (Å²) in [6.45, 7) is 4.36. The van der Waals surface area contributed by atoms with Crippen LogP contribution in [0.25, 0.3) is 0 Å². The maximum Gasteiger partial charge on any atom is 0.337 e. The maximum atomic E-state index is 12.5. The molecule has 0 bridgehead atoms. The summed E-state index contributed by atoms with van der Waals surface area (Å²) in [4.78, 5) is 38.6. The number of benzene rings is 2. The van der Waals surface area contributed by atoms with E-state index in [4.69, 9.17) is 16.3 Å². The molecule has 2 aromatic carbocycles. The number of nitro groups is 1. The molecule has 1 atom stereocenters. The Balaban J connectivity index is 1.56. The van der Waals surface area contributed by atoms with Crippen molar-refractivity contribution in [3.05, 3.63) is 63.2 Å². The fourth-order valence-electron chi connectivity index (χ4n) is 3.48. The summed E-state index contributed by atoms with van der Waals surface area (Å²) < 4.78 is 4.72. The van der Waals surface area contributed by atoms with Crippen LogP contribution in [0.15, 0.2) is 42.5 Å². The van der Waals surface area contributed by atoms with Crippen LogP contribution in [-0.4, -0.2) is 61.0 Å². The maximum absolute atomic E-state index is 12.5. The van der Waals surface area contributed by atoms with E-state index in [0.717, 1.165) is 18.8 Å². The van der Waals surface area contributed by atoms with Gasteiger partial charge in [0, 0.05) is 43.5 Å². The molecule has 0 aliphatic carbocycles. The predicted molar refractivity (Wildman–Crippen MR) is 118 cm³/mol. The second-order valence-electron chi connectivity index (χ2n) is 7.27. The van der Waals surface area contributed by atoms with Crippen LogP contribution >= 0.6 is 11.6 Å². The van der Waals surface area contributed by atoms with Gasteiger partial charge in [-0.3, -0.25) is 19.8 Å². The lowest BCUT2D eigenvalue weighted by Crippen LogP contribution is -2.53. The first kappa shape index (κ1) is 22.5. The SMILES string of the molecule is COC(=O)c1ccc(N2CCN(CC(=O)Nc3ccc([N+](=O)[O-])cc3Cl)C(C)C2)cc1. The number of non-ortho nitro benzene ring substituents is 1. The molecule has 1 heterocycles. The Bertz CT molecular complexity index is 982. The van der Waals surface area contributed by atoms with E-state index in [2.05, 4.69) is 15.1 Å². The molecule has 1 aliphatic rings. The Hall–Kier alpha value is -3.17. The minimum atomic E-state index is -0.540. The lowest BCUT2D eigenvalue weighted by Gasteiger charge is -2.40. The van der Waals surface area contributed by atoms with Crippen LogP contribution in [0.3, 0.4) is 0 Å². The van der Waals surface area contributed by atoms with Crippen LogP contribution in [0.4, 0.5) is 17.1 Å². The van der Waals surface area contributed by atoms with Crippen molar-refractivity contribution in [3.63, 3.8) is 0 Å². The van der Waals surface area contributed by atoms with Crippen LogP contribution in [0, 0.1) is 10.1 Å². The van der Waals surface area contributed by atoms with Crippen molar-refractivity contribution in [2.24, 2.45) is 0 Å². The van der Waals surface area contributed by atoms with Crippen LogP contribution < -0.4 is 10.2 Å². The number of nitrogens with zero attached hydrogens (tertiary/aromatic N) is 3.